The molecule has 0 aliphatic carbocycles. The van der Waals surface area contributed by atoms with Gasteiger partial charge in [-0.2, -0.15) is 0 Å². The predicted octanol–water partition coefficient (Wildman–Crippen LogP) is 5.75. The van der Waals surface area contributed by atoms with E-state index in [4.69, 9.17) is 4.74 Å². The third-order valence-corrected chi connectivity index (χ3v) is 3.43. The van der Waals surface area contributed by atoms with E-state index in [2.05, 4.69) is 19.9 Å². The highest BCUT2D eigenvalue weighted by Gasteiger charge is 2.22. The zero-order valence-electron chi connectivity index (χ0n) is 15.4. The standard InChI is InChI=1S/C13H15FO.C8H12O/c1-9-7-13(2,3)8-15-12-5-4-10(14)6-11(9)12;1-4-5-7(2)6-8(3)9/h4-7H,8H2,1-3H3;4-6H,1-3H3/b;5-4+,7-6+. The Bertz CT molecular complexity index is 679. The van der Waals surface area contributed by atoms with Gasteiger partial charge in [0.2, 0.25) is 0 Å². The lowest BCUT2D eigenvalue weighted by atomic mass is 9.91. The van der Waals surface area contributed by atoms with Crippen molar-refractivity contribution in [3.63, 3.8) is 0 Å². The Labute approximate surface area is 144 Å². The molecular formula is C21H27FO2. The van der Waals surface area contributed by atoms with Gasteiger partial charge in [0.05, 0.1) is 6.61 Å². The molecule has 2 nitrogen and oxygen atoms in total. The fourth-order valence-corrected chi connectivity index (χ4v) is 2.54. The normalized spacial score (nSPS) is 16.3. The second-order valence-corrected chi connectivity index (χ2v) is 6.74. The molecule has 0 bridgehead atoms. The monoisotopic (exact) mass is 330 g/mol. The maximum absolute atomic E-state index is 13.1. The number of fused-ring (bicyclic) bond motifs is 1. The zero-order chi connectivity index (χ0) is 18.3. The van der Waals surface area contributed by atoms with Crippen molar-refractivity contribution in [2.45, 2.75) is 41.5 Å². The average Bonchev–Trinajstić information content (AvgIpc) is 2.55. The van der Waals surface area contributed by atoms with Crippen molar-refractivity contribution in [3.05, 3.63) is 59.5 Å². The Kier molecular flexibility index (Phi) is 7.15. The Morgan fingerprint density at radius 1 is 1.29 bits per heavy atom. The summed E-state index contributed by atoms with van der Waals surface area (Å²) in [7, 11) is 0. The van der Waals surface area contributed by atoms with Gasteiger partial charge in [0.15, 0.2) is 5.78 Å². The Balaban J connectivity index is 0.000000277. The molecule has 0 saturated carbocycles. The molecule has 1 aliphatic heterocycles. The van der Waals surface area contributed by atoms with Crippen LogP contribution < -0.4 is 4.74 Å². The van der Waals surface area contributed by atoms with Gasteiger partial charge >= 0.3 is 0 Å². The topological polar surface area (TPSA) is 26.3 Å². The Morgan fingerprint density at radius 3 is 2.54 bits per heavy atom. The van der Waals surface area contributed by atoms with Crippen LogP contribution in [0.15, 0.2) is 48.1 Å². The van der Waals surface area contributed by atoms with Gasteiger partial charge in [0.25, 0.3) is 0 Å². The van der Waals surface area contributed by atoms with Gasteiger partial charge in [-0.25, -0.2) is 4.39 Å². The fourth-order valence-electron chi connectivity index (χ4n) is 2.54. The number of halogens is 1. The number of hydrogen-bond donors (Lipinski definition) is 0. The molecule has 0 radical (unpaired) electrons. The molecule has 2 rings (SSSR count). The number of rotatable bonds is 2. The van der Waals surface area contributed by atoms with Crippen molar-refractivity contribution < 1.29 is 13.9 Å². The van der Waals surface area contributed by atoms with Crippen LogP contribution in [0.4, 0.5) is 4.39 Å². The first-order valence-electron chi connectivity index (χ1n) is 8.08. The van der Waals surface area contributed by atoms with Gasteiger partial charge in [0.1, 0.15) is 11.6 Å². The second-order valence-electron chi connectivity index (χ2n) is 6.74. The van der Waals surface area contributed by atoms with E-state index in [0.717, 1.165) is 22.5 Å². The number of hydrogen-bond acceptors (Lipinski definition) is 2. The number of carbonyl (C=O) groups excluding carboxylic acids is 1. The third kappa shape index (κ3) is 6.53. The molecule has 0 atom stereocenters. The minimum atomic E-state index is -0.218. The summed E-state index contributed by atoms with van der Waals surface area (Å²) in [6, 6.07) is 4.66. The van der Waals surface area contributed by atoms with Gasteiger partial charge in [-0.1, -0.05) is 32.1 Å². The number of ketones is 1. The fraction of sp³-hybridized carbons (Fsp3) is 0.381. The molecule has 0 saturated heterocycles. The van der Waals surface area contributed by atoms with Crippen LogP contribution in [0, 0.1) is 11.2 Å². The summed E-state index contributed by atoms with van der Waals surface area (Å²) in [5.41, 5.74) is 2.94. The van der Waals surface area contributed by atoms with Crippen LogP contribution in [0.1, 0.15) is 47.1 Å². The van der Waals surface area contributed by atoms with E-state index in [0.29, 0.717) is 6.61 Å². The summed E-state index contributed by atoms with van der Waals surface area (Å²) in [6.07, 6.45) is 7.56. The summed E-state index contributed by atoms with van der Waals surface area (Å²) >= 11 is 0. The highest BCUT2D eigenvalue weighted by molar-refractivity contribution is 5.88. The molecule has 1 aromatic rings. The van der Waals surface area contributed by atoms with Gasteiger partial charge in [-0.05, 0) is 63.1 Å². The zero-order valence-corrected chi connectivity index (χ0v) is 15.4. The highest BCUT2D eigenvalue weighted by atomic mass is 19.1. The molecule has 3 heteroatoms. The van der Waals surface area contributed by atoms with Crippen molar-refractivity contribution in [2.75, 3.05) is 6.61 Å². The SMILES string of the molecule is C/C=C/C(C)=C/C(C)=O.CC1=CC(C)(C)COc2ccc(F)cc21. The summed E-state index contributed by atoms with van der Waals surface area (Å²) in [5, 5.41) is 0. The molecular weight excluding hydrogens is 303 g/mol. The molecule has 1 aromatic carbocycles. The molecule has 0 aromatic heterocycles. The van der Waals surface area contributed by atoms with Crippen LogP contribution in [-0.2, 0) is 4.79 Å². The summed E-state index contributed by atoms with van der Waals surface area (Å²) < 4.78 is 18.8. The van der Waals surface area contributed by atoms with Crippen LogP contribution in [0.5, 0.6) is 5.75 Å². The minimum Gasteiger partial charge on any atom is -0.492 e. The van der Waals surface area contributed by atoms with Crippen molar-refractivity contribution in [1.82, 2.24) is 0 Å². The molecule has 0 amide bonds. The van der Waals surface area contributed by atoms with Crippen molar-refractivity contribution in [2.24, 2.45) is 5.41 Å². The number of ether oxygens (including phenoxy) is 1. The van der Waals surface area contributed by atoms with Crippen LogP contribution in [0.3, 0.4) is 0 Å². The first-order valence-corrected chi connectivity index (χ1v) is 8.08. The molecule has 0 fully saturated rings. The van der Waals surface area contributed by atoms with Crippen LogP contribution in [0.2, 0.25) is 0 Å². The molecule has 24 heavy (non-hydrogen) atoms. The van der Waals surface area contributed by atoms with Crippen molar-refractivity contribution in [3.8, 4) is 5.75 Å². The third-order valence-electron chi connectivity index (χ3n) is 3.43. The van der Waals surface area contributed by atoms with Gasteiger partial charge in [0, 0.05) is 11.0 Å². The average molecular weight is 330 g/mol. The highest BCUT2D eigenvalue weighted by Crippen LogP contribution is 2.34. The summed E-state index contributed by atoms with van der Waals surface area (Å²) in [5.74, 6) is 0.658. The predicted molar refractivity (Wildman–Crippen MR) is 98.6 cm³/mol. The molecule has 0 spiro atoms. The van der Waals surface area contributed by atoms with Crippen molar-refractivity contribution >= 4 is 11.4 Å². The number of allylic oxidation sites excluding steroid dienone is 5. The lowest BCUT2D eigenvalue weighted by molar-refractivity contribution is -0.112. The Hall–Kier alpha value is -2.16. The number of carbonyl (C=O) groups is 1. The van der Waals surface area contributed by atoms with Crippen LogP contribution in [0.25, 0.3) is 5.57 Å². The minimum absolute atomic E-state index is 0.000417. The first-order chi connectivity index (χ1) is 11.1. The Morgan fingerprint density at radius 2 is 1.96 bits per heavy atom. The van der Waals surface area contributed by atoms with Gasteiger partial charge in [-0.15, -0.1) is 0 Å². The van der Waals surface area contributed by atoms with E-state index in [1.165, 1.54) is 12.1 Å². The maximum Gasteiger partial charge on any atom is 0.152 e. The van der Waals surface area contributed by atoms with Gasteiger partial charge < -0.3 is 4.74 Å². The molecule has 0 unspecified atom stereocenters. The van der Waals surface area contributed by atoms with Gasteiger partial charge in [-0.3, -0.25) is 4.79 Å². The van der Waals surface area contributed by atoms with E-state index < -0.39 is 0 Å². The van der Waals surface area contributed by atoms with E-state index in [1.54, 1.807) is 19.1 Å². The molecule has 1 heterocycles. The maximum atomic E-state index is 13.1. The molecule has 0 N–H and O–H groups in total. The van der Waals surface area contributed by atoms with Crippen LogP contribution in [-0.4, -0.2) is 12.4 Å². The van der Waals surface area contributed by atoms with E-state index in [1.807, 2.05) is 32.9 Å². The van der Waals surface area contributed by atoms with E-state index in [-0.39, 0.29) is 17.0 Å². The summed E-state index contributed by atoms with van der Waals surface area (Å²) in [4.78, 5) is 10.4. The molecule has 1 aliphatic rings. The lowest BCUT2D eigenvalue weighted by Gasteiger charge is -2.18. The second kappa shape index (κ2) is 8.62. The quantitative estimate of drug-likeness (QED) is 0.510. The van der Waals surface area contributed by atoms with E-state index in [9.17, 15) is 9.18 Å². The first kappa shape index (κ1) is 19.9. The molecule has 130 valence electrons. The smallest absolute Gasteiger partial charge is 0.152 e. The summed E-state index contributed by atoms with van der Waals surface area (Å²) in [6.45, 7) is 12.2. The lowest BCUT2D eigenvalue weighted by Crippen LogP contribution is -2.17. The largest absolute Gasteiger partial charge is 0.492 e. The van der Waals surface area contributed by atoms with E-state index >= 15 is 0 Å². The number of benzene rings is 1. The van der Waals surface area contributed by atoms with Crippen LogP contribution >= 0.6 is 0 Å². The van der Waals surface area contributed by atoms with Crippen molar-refractivity contribution in [1.29, 1.82) is 0 Å².